The van der Waals surface area contributed by atoms with Gasteiger partial charge >= 0.3 is 0 Å². The van der Waals surface area contributed by atoms with Crippen LogP contribution in [0, 0.1) is 0 Å². The van der Waals surface area contributed by atoms with Gasteiger partial charge < -0.3 is 0 Å². The summed E-state index contributed by atoms with van der Waals surface area (Å²) in [5, 5.41) is 12.3. The quantitative estimate of drug-likeness (QED) is 0.172. The lowest BCUT2D eigenvalue weighted by molar-refractivity contribution is 1.08. The van der Waals surface area contributed by atoms with Gasteiger partial charge in [-0.25, -0.2) is 15.0 Å². The van der Waals surface area contributed by atoms with Gasteiger partial charge in [0, 0.05) is 36.9 Å². The zero-order chi connectivity index (χ0) is 34.9. The molecule has 0 radical (unpaired) electrons. The normalized spacial score (nSPS) is 11.8. The highest BCUT2D eigenvalue weighted by molar-refractivity contribution is 7.26. The molecule has 2 aromatic heterocycles. The third-order valence-electron chi connectivity index (χ3n) is 10.5. The van der Waals surface area contributed by atoms with Crippen molar-refractivity contribution in [3.05, 3.63) is 176 Å². The average molecular weight is 692 g/mol. The number of hydrogen-bond donors (Lipinski definition) is 0. The molecule has 9 aromatic carbocycles. The first-order valence-electron chi connectivity index (χ1n) is 17.9. The fourth-order valence-corrected chi connectivity index (χ4v) is 9.31. The maximum absolute atomic E-state index is 5.26. The largest absolute Gasteiger partial charge is 0.208 e. The van der Waals surface area contributed by atoms with Gasteiger partial charge in [0.2, 0.25) is 0 Å². The molecule has 0 atom stereocenters. The summed E-state index contributed by atoms with van der Waals surface area (Å²) in [6.45, 7) is 0. The number of fused-ring (bicyclic) bond motifs is 11. The predicted molar refractivity (Wildman–Crippen MR) is 224 cm³/mol. The van der Waals surface area contributed by atoms with Crippen LogP contribution in [0.4, 0.5) is 0 Å². The number of aromatic nitrogens is 3. The average Bonchev–Trinajstić information content (AvgIpc) is 3.63. The summed E-state index contributed by atoms with van der Waals surface area (Å²) < 4.78 is 2.61. The molecule has 0 amide bonds. The Morgan fingerprint density at radius 3 is 1.51 bits per heavy atom. The molecule has 11 rings (SSSR count). The van der Waals surface area contributed by atoms with Gasteiger partial charge in [0.05, 0.1) is 0 Å². The summed E-state index contributed by atoms with van der Waals surface area (Å²) >= 11 is 1.85. The van der Waals surface area contributed by atoms with Crippen LogP contribution in [-0.4, -0.2) is 15.0 Å². The van der Waals surface area contributed by atoms with Crippen molar-refractivity contribution in [3.63, 3.8) is 0 Å². The van der Waals surface area contributed by atoms with Gasteiger partial charge in [-0.15, -0.1) is 11.3 Å². The molecule has 2 heterocycles. The van der Waals surface area contributed by atoms with Gasteiger partial charge in [-0.2, -0.15) is 0 Å². The highest BCUT2D eigenvalue weighted by Gasteiger charge is 2.19. The van der Waals surface area contributed by atoms with Crippen molar-refractivity contribution in [2.75, 3.05) is 0 Å². The third-order valence-corrected chi connectivity index (χ3v) is 11.7. The van der Waals surface area contributed by atoms with Crippen LogP contribution in [0.2, 0.25) is 0 Å². The second kappa shape index (κ2) is 11.9. The molecule has 0 N–H and O–H groups in total. The van der Waals surface area contributed by atoms with E-state index in [0.717, 1.165) is 22.1 Å². The summed E-state index contributed by atoms with van der Waals surface area (Å²) in [5.41, 5.74) is 5.29. The molecule has 3 nitrogen and oxygen atoms in total. The van der Waals surface area contributed by atoms with E-state index in [4.69, 9.17) is 15.0 Å². The van der Waals surface area contributed by atoms with Crippen molar-refractivity contribution in [2.45, 2.75) is 0 Å². The number of hydrogen-bond acceptors (Lipinski definition) is 4. The molecule has 53 heavy (non-hydrogen) atoms. The summed E-state index contributed by atoms with van der Waals surface area (Å²) in [4.78, 5) is 15.6. The fourth-order valence-electron chi connectivity index (χ4n) is 8.07. The van der Waals surface area contributed by atoms with Gasteiger partial charge in [-0.05, 0) is 66.3 Å². The monoisotopic (exact) mass is 691 g/mol. The Hall–Kier alpha value is -6.75. The van der Waals surface area contributed by atoms with E-state index in [0.29, 0.717) is 17.5 Å². The highest BCUT2D eigenvalue weighted by Crippen LogP contribution is 2.43. The third kappa shape index (κ3) is 4.77. The second-order valence-electron chi connectivity index (χ2n) is 13.5. The van der Waals surface area contributed by atoms with Crippen LogP contribution in [0.15, 0.2) is 176 Å². The Bertz CT molecular complexity index is 3220. The Labute approximate surface area is 309 Å². The molecule has 4 heteroatoms. The van der Waals surface area contributed by atoms with E-state index >= 15 is 0 Å². The Kier molecular flexibility index (Phi) is 6.73. The van der Waals surface area contributed by atoms with Crippen molar-refractivity contribution in [1.82, 2.24) is 15.0 Å². The van der Waals surface area contributed by atoms with E-state index in [-0.39, 0.29) is 0 Å². The van der Waals surface area contributed by atoms with Crippen LogP contribution in [-0.2, 0) is 0 Å². The van der Waals surface area contributed by atoms with E-state index < -0.39 is 0 Å². The van der Waals surface area contributed by atoms with E-state index in [1.807, 2.05) is 29.5 Å². The maximum Gasteiger partial charge on any atom is 0.164 e. The van der Waals surface area contributed by atoms with Crippen molar-refractivity contribution >= 4 is 74.6 Å². The van der Waals surface area contributed by atoms with Gasteiger partial charge in [-0.1, -0.05) is 164 Å². The molecule has 0 aliphatic heterocycles. The SMILES string of the molecule is c1ccc(-c2nc(-c3ccc(-c4cccc5c4sc4ccccc45)cc3)nc(-c3cc4c5ccccc5c5ccccc5c4c4ccccc34)n2)cc1. The highest BCUT2D eigenvalue weighted by atomic mass is 32.1. The lowest BCUT2D eigenvalue weighted by Gasteiger charge is -2.16. The lowest BCUT2D eigenvalue weighted by Crippen LogP contribution is -2.01. The molecule has 11 aromatic rings. The lowest BCUT2D eigenvalue weighted by atomic mass is 9.89. The van der Waals surface area contributed by atoms with Crippen LogP contribution in [0.1, 0.15) is 0 Å². The van der Waals surface area contributed by atoms with Crippen LogP contribution >= 0.6 is 11.3 Å². The first-order chi connectivity index (χ1) is 26.3. The summed E-state index contributed by atoms with van der Waals surface area (Å²) in [7, 11) is 0. The standard InChI is InChI=1S/C49H29N3S/c1-2-13-31(14-3-1)47-50-48(32-27-25-30(26-28-32)33-22-12-23-41-38-19-10-11-24-44(38)53-46(33)41)52-49(51-47)43-29-42-36-17-5-4-15-34(36)35-16-6-8-20-39(35)45(42)40-21-9-7-18-37(40)43/h1-29H. The summed E-state index contributed by atoms with van der Waals surface area (Å²) in [6.07, 6.45) is 0. The Morgan fingerprint density at radius 1 is 0.302 bits per heavy atom. The van der Waals surface area contributed by atoms with Crippen LogP contribution in [0.5, 0.6) is 0 Å². The molecule has 0 spiro atoms. The van der Waals surface area contributed by atoms with E-state index in [2.05, 4.69) is 158 Å². The van der Waals surface area contributed by atoms with Gasteiger partial charge in [0.1, 0.15) is 0 Å². The van der Waals surface area contributed by atoms with Crippen molar-refractivity contribution in [2.24, 2.45) is 0 Å². The minimum atomic E-state index is 0.646. The maximum atomic E-state index is 5.26. The predicted octanol–water partition coefficient (Wildman–Crippen LogP) is 13.5. The minimum absolute atomic E-state index is 0.646. The van der Waals surface area contributed by atoms with Gasteiger partial charge in [0.15, 0.2) is 17.5 Å². The van der Waals surface area contributed by atoms with Gasteiger partial charge in [0.25, 0.3) is 0 Å². The van der Waals surface area contributed by atoms with E-state index in [1.54, 1.807) is 0 Å². The molecule has 246 valence electrons. The second-order valence-corrected chi connectivity index (χ2v) is 14.6. The van der Waals surface area contributed by atoms with Crippen LogP contribution in [0.25, 0.3) is 109 Å². The molecular formula is C49H29N3S. The van der Waals surface area contributed by atoms with Gasteiger partial charge in [-0.3, -0.25) is 0 Å². The van der Waals surface area contributed by atoms with E-state index in [9.17, 15) is 0 Å². The number of benzene rings is 9. The van der Waals surface area contributed by atoms with E-state index in [1.165, 1.54) is 69.0 Å². The molecule has 0 fully saturated rings. The molecule has 0 bridgehead atoms. The molecule has 0 saturated heterocycles. The molecular weight excluding hydrogens is 663 g/mol. The Balaban J connectivity index is 1.13. The molecule has 0 saturated carbocycles. The molecule has 0 aliphatic rings. The molecule has 0 unspecified atom stereocenters. The summed E-state index contributed by atoms with van der Waals surface area (Å²) in [5.74, 6) is 1.95. The minimum Gasteiger partial charge on any atom is -0.208 e. The topological polar surface area (TPSA) is 38.7 Å². The Morgan fingerprint density at radius 2 is 0.792 bits per heavy atom. The van der Waals surface area contributed by atoms with Crippen molar-refractivity contribution in [3.8, 4) is 45.3 Å². The number of rotatable bonds is 4. The number of nitrogens with zero attached hydrogens (tertiary/aromatic N) is 3. The van der Waals surface area contributed by atoms with Crippen molar-refractivity contribution < 1.29 is 0 Å². The zero-order valence-corrected chi connectivity index (χ0v) is 29.3. The summed E-state index contributed by atoms with van der Waals surface area (Å²) in [6, 6.07) is 62.6. The first-order valence-corrected chi connectivity index (χ1v) is 18.7. The zero-order valence-electron chi connectivity index (χ0n) is 28.5. The number of thiophene rings is 1. The van der Waals surface area contributed by atoms with Crippen molar-refractivity contribution in [1.29, 1.82) is 0 Å². The van der Waals surface area contributed by atoms with Crippen LogP contribution < -0.4 is 0 Å². The fraction of sp³-hybridized carbons (Fsp3) is 0. The molecule has 0 aliphatic carbocycles. The first kappa shape index (κ1) is 29.9. The van der Waals surface area contributed by atoms with Crippen LogP contribution in [0.3, 0.4) is 0 Å². The smallest absolute Gasteiger partial charge is 0.164 e.